The van der Waals surface area contributed by atoms with Crippen molar-refractivity contribution >= 4 is 17.7 Å². The fourth-order valence-electron chi connectivity index (χ4n) is 1.59. The van der Waals surface area contributed by atoms with Crippen molar-refractivity contribution in [3.8, 4) is 0 Å². The molecule has 2 unspecified atom stereocenters. The van der Waals surface area contributed by atoms with Gasteiger partial charge in [0.25, 0.3) is 0 Å². The van der Waals surface area contributed by atoms with Crippen molar-refractivity contribution < 1.29 is 18.0 Å². The van der Waals surface area contributed by atoms with Crippen LogP contribution in [0.2, 0.25) is 0 Å². The smallest absolute Gasteiger partial charge is 0.339 e. The summed E-state index contributed by atoms with van der Waals surface area (Å²) in [5, 5.41) is 2.04. The van der Waals surface area contributed by atoms with Crippen molar-refractivity contribution in [1.82, 2.24) is 5.32 Å². The van der Waals surface area contributed by atoms with E-state index in [9.17, 15) is 18.0 Å². The third kappa shape index (κ3) is 2.57. The molecule has 6 heteroatoms. The number of hydrogen-bond donors (Lipinski definition) is 1. The van der Waals surface area contributed by atoms with E-state index in [1.54, 1.807) is 13.0 Å². The Morgan fingerprint density at radius 1 is 1.35 bits per heavy atom. The molecule has 92 valence electrons. The van der Waals surface area contributed by atoms with Crippen LogP contribution in [-0.2, 0) is 11.0 Å². The first kappa shape index (κ1) is 12.3. The van der Waals surface area contributed by atoms with Gasteiger partial charge in [-0.3, -0.25) is 4.79 Å². The zero-order chi connectivity index (χ0) is 12.6. The Kier molecular flexibility index (Phi) is 3.07. The van der Waals surface area contributed by atoms with Gasteiger partial charge in [-0.05, 0) is 24.6 Å². The highest BCUT2D eigenvalue weighted by Gasteiger charge is 2.33. The molecule has 1 fully saturated rings. The van der Waals surface area contributed by atoms with E-state index in [1.165, 1.54) is 17.8 Å². The summed E-state index contributed by atoms with van der Waals surface area (Å²) in [5.74, 6) is -0.141. The third-order valence-electron chi connectivity index (χ3n) is 2.50. The van der Waals surface area contributed by atoms with E-state index >= 15 is 0 Å². The molecule has 1 saturated heterocycles. The van der Waals surface area contributed by atoms with Gasteiger partial charge in [0.1, 0.15) is 5.37 Å². The Balaban J connectivity index is 2.26. The number of thioether (sulfide) groups is 1. The number of nitrogens with one attached hydrogen (secondary N) is 1. The molecule has 2 rings (SSSR count). The minimum Gasteiger partial charge on any atom is -0.339 e. The highest BCUT2D eigenvalue weighted by Crippen LogP contribution is 2.37. The molecular weight excluding hydrogens is 251 g/mol. The van der Waals surface area contributed by atoms with E-state index in [4.69, 9.17) is 0 Å². The first-order valence-electron chi connectivity index (χ1n) is 5.01. The fraction of sp³-hybridized carbons (Fsp3) is 0.364. The first-order chi connectivity index (χ1) is 7.88. The lowest BCUT2D eigenvalue weighted by Gasteiger charge is -2.12. The Labute approximate surface area is 101 Å². The fourth-order valence-corrected chi connectivity index (χ4v) is 2.67. The topological polar surface area (TPSA) is 29.1 Å². The number of alkyl halides is 3. The highest BCUT2D eigenvalue weighted by atomic mass is 32.2. The number of halogens is 3. The monoisotopic (exact) mass is 261 g/mol. The maximum atomic E-state index is 12.5. The molecule has 1 aromatic rings. The van der Waals surface area contributed by atoms with E-state index in [2.05, 4.69) is 5.32 Å². The van der Waals surface area contributed by atoms with Crippen LogP contribution in [0, 0.1) is 0 Å². The van der Waals surface area contributed by atoms with Crippen molar-refractivity contribution in [2.24, 2.45) is 0 Å². The summed E-state index contributed by atoms with van der Waals surface area (Å²) in [7, 11) is 0. The Bertz CT molecular complexity index is 447. The quantitative estimate of drug-likeness (QED) is 0.842. The summed E-state index contributed by atoms with van der Waals surface area (Å²) in [5.41, 5.74) is -0.216. The van der Waals surface area contributed by atoms with Crippen LogP contribution in [0.1, 0.15) is 23.4 Å². The van der Waals surface area contributed by atoms with Gasteiger partial charge in [-0.15, -0.1) is 11.8 Å². The highest BCUT2D eigenvalue weighted by molar-refractivity contribution is 8.01. The molecule has 2 nitrogen and oxygen atoms in total. The van der Waals surface area contributed by atoms with E-state index < -0.39 is 11.7 Å². The molecule has 17 heavy (non-hydrogen) atoms. The Morgan fingerprint density at radius 2 is 2.06 bits per heavy atom. The SMILES string of the molecule is CC1SC(c2cccc(C(F)(F)F)c2)NC1=O. The summed E-state index contributed by atoms with van der Waals surface area (Å²) >= 11 is 1.32. The molecule has 0 saturated carbocycles. The van der Waals surface area contributed by atoms with Gasteiger partial charge in [-0.2, -0.15) is 13.2 Å². The predicted molar refractivity (Wildman–Crippen MR) is 59.4 cm³/mol. The lowest BCUT2D eigenvalue weighted by Crippen LogP contribution is -2.22. The summed E-state index contributed by atoms with van der Waals surface area (Å²) < 4.78 is 37.5. The second kappa shape index (κ2) is 4.25. The summed E-state index contributed by atoms with van der Waals surface area (Å²) in [6.07, 6.45) is -4.35. The number of amides is 1. The third-order valence-corrected chi connectivity index (χ3v) is 3.78. The standard InChI is InChI=1S/C11H10F3NOS/c1-6-9(16)15-10(17-6)7-3-2-4-8(5-7)11(12,13)14/h2-6,10H,1H3,(H,15,16). The average molecular weight is 261 g/mol. The lowest BCUT2D eigenvalue weighted by molar-refractivity contribution is -0.137. The zero-order valence-electron chi connectivity index (χ0n) is 8.91. The average Bonchev–Trinajstić information content (AvgIpc) is 2.58. The number of hydrogen-bond acceptors (Lipinski definition) is 2. The summed E-state index contributed by atoms with van der Waals surface area (Å²) in [6, 6.07) is 5.05. The maximum absolute atomic E-state index is 12.5. The maximum Gasteiger partial charge on any atom is 0.416 e. The van der Waals surface area contributed by atoms with Crippen molar-refractivity contribution in [2.45, 2.75) is 23.7 Å². The molecule has 0 spiro atoms. The molecule has 2 atom stereocenters. The summed E-state index contributed by atoms with van der Waals surface area (Å²) in [6.45, 7) is 1.73. The van der Waals surface area contributed by atoms with Crippen LogP contribution in [0.25, 0.3) is 0 Å². The van der Waals surface area contributed by atoms with Crippen molar-refractivity contribution in [3.63, 3.8) is 0 Å². The van der Waals surface area contributed by atoms with Crippen LogP contribution in [-0.4, -0.2) is 11.2 Å². The first-order valence-corrected chi connectivity index (χ1v) is 5.95. The minimum absolute atomic E-state index is 0.141. The van der Waals surface area contributed by atoms with Crippen LogP contribution in [0.3, 0.4) is 0 Å². The molecule has 0 radical (unpaired) electrons. The van der Waals surface area contributed by atoms with Gasteiger partial charge < -0.3 is 5.32 Å². The summed E-state index contributed by atoms with van der Waals surface area (Å²) in [4.78, 5) is 11.3. The number of benzene rings is 1. The van der Waals surface area contributed by atoms with Crippen LogP contribution in [0.15, 0.2) is 24.3 Å². The van der Waals surface area contributed by atoms with Crippen LogP contribution in [0.4, 0.5) is 13.2 Å². The van der Waals surface area contributed by atoms with E-state index in [0.29, 0.717) is 5.56 Å². The number of carbonyl (C=O) groups is 1. The van der Waals surface area contributed by atoms with Gasteiger partial charge in [0.05, 0.1) is 10.8 Å². The molecule has 1 amide bonds. The van der Waals surface area contributed by atoms with Crippen molar-refractivity contribution in [2.75, 3.05) is 0 Å². The lowest BCUT2D eigenvalue weighted by atomic mass is 10.1. The molecule has 0 bridgehead atoms. The molecule has 1 N–H and O–H groups in total. The van der Waals surface area contributed by atoms with E-state index in [0.717, 1.165) is 12.1 Å². The molecule has 1 aliphatic heterocycles. The minimum atomic E-state index is -4.35. The predicted octanol–water partition coefficient (Wildman–Crippen LogP) is 2.96. The van der Waals surface area contributed by atoms with Gasteiger partial charge in [-0.1, -0.05) is 12.1 Å². The molecule has 1 aromatic carbocycles. The zero-order valence-corrected chi connectivity index (χ0v) is 9.73. The van der Waals surface area contributed by atoms with Crippen LogP contribution in [0.5, 0.6) is 0 Å². The molecular formula is C11H10F3NOS. The van der Waals surface area contributed by atoms with Gasteiger partial charge >= 0.3 is 6.18 Å². The van der Waals surface area contributed by atoms with Gasteiger partial charge in [0.2, 0.25) is 5.91 Å². The number of rotatable bonds is 1. The normalized spacial score (nSPS) is 24.8. The number of carbonyl (C=O) groups excluding carboxylic acids is 1. The van der Waals surface area contributed by atoms with E-state index in [1.807, 2.05) is 0 Å². The van der Waals surface area contributed by atoms with Crippen molar-refractivity contribution in [3.05, 3.63) is 35.4 Å². The molecule has 1 aliphatic rings. The van der Waals surface area contributed by atoms with E-state index in [-0.39, 0.29) is 16.5 Å². The second-order valence-corrected chi connectivity index (χ2v) is 5.24. The molecule has 0 aliphatic carbocycles. The molecule has 1 heterocycles. The van der Waals surface area contributed by atoms with Crippen LogP contribution < -0.4 is 5.32 Å². The van der Waals surface area contributed by atoms with Crippen molar-refractivity contribution in [1.29, 1.82) is 0 Å². The largest absolute Gasteiger partial charge is 0.416 e. The Hall–Kier alpha value is -1.17. The second-order valence-electron chi connectivity index (χ2n) is 3.79. The molecule has 0 aromatic heterocycles. The van der Waals surface area contributed by atoms with Gasteiger partial charge in [0, 0.05) is 0 Å². The van der Waals surface area contributed by atoms with Crippen LogP contribution >= 0.6 is 11.8 Å². The van der Waals surface area contributed by atoms with Gasteiger partial charge in [-0.25, -0.2) is 0 Å². The van der Waals surface area contributed by atoms with Gasteiger partial charge in [0.15, 0.2) is 0 Å². The Morgan fingerprint density at radius 3 is 2.59 bits per heavy atom.